The SMILES string of the molecule is CCOC(=O)C(C)NC(=O)CC1CCCCO1. The summed E-state index contributed by atoms with van der Waals surface area (Å²) < 4.78 is 10.3. The van der Waals surface area contributed by atoms with Gasteiger partial charge in [-0.1, -0.05) is 0 Å². The summed E-state index contributed by atoms with van der Waals surface area (Å²) in [5, 5.41) is 2.62. The number of ether oxygens (including phenoxy) is 2. The molecule has 0 spiro atoms. The van der Waals surface area contributed by atoms with Crippen molar-refractivity contribution < 1.29 is 19.1 Å². The maximum Gasteiger partial charge on any atom is 0.328 e. The number of hydrogen-bond donors (Lipinski definition) is 1. The van der Waals surface area contributed by atoms with Crippen molar-refractivity contribution in [3.8, 4) is 0 Å². The highest BCUT2D eigenvalue weighted by Gasteiger charge is 2.21. The van der Waals surface area contributed by atoms with Crippen LogP contribution in [0.5, 0.6) is 0 Å². The summed E-state index contributed by atoms with van der Waals surface area (Å²) in [4.78, 5) is 22.9. The normalized spacial score (nSPS) is 21.6. The summed E-state index contributed by atoms with van der Waals surface area (Å²) >= 11 is 0. The van der Waals surface area contributed by atoms with Crippen LogP contribution in [0.1, 0.15) is 39.5 Å². The Labute approximate surface area is 102 Å². The predicted molar refractivity (Wildman–Crippen MR) is 62.4 cm³/mol. The molecule has 0 aromatic heterocycles. The van der Waals surface area contributed by atoms with Gasteiger partial charge in [-0.15, -0.1) is 0 Å². The van der Waals surface area contributed by atoms with Gasteiger partial charge >= 0.3 is 5.97 Å². The summed E-state index contributed by atoms with van der Waals surface area (Å²) in [5.74, 6) is -0.553. The largest absolute Gasteiger partial charge is 0.464 e. The van der Waals surface area contributed by atoms with E-state index < -0.39 is 12.0 Å². The third-order valence-corrected chi connectivity index (χ3v) is 2.70. The van der Waals surface area contributed by atoms with Gasteiger partial charge in [-0.3, -0.25) is 4.79 Å². The fourth-order valence-corrected chi connectivity index (χ4v) is 1.80. The molecule has 1 heterocycles. The van der Waals surface area contributed by atoms with Crippen molar-refractivity contribution in [2.24, 2.45) is 0 Å². The van der Waals surface area contributed by atoms with Gasteiger partial charge in [0.2, 0.25) is 5.91 Å². The van der Waals surface area contributed by atoms with Gasteiger partial charge in [0.05, 0.1) is 19.1 Å². The van der Waals surface area contributed by atoms with Gasteiger partial charge in [-0.2, -0.15) is 0 Å². The topological polar surface area (TPSA) is 64.6 Å². The fourth-order valence-electron chi connectivity index (χ4n) is 1.80. The van der Waals surface area contributed by atoms with Crippen molar-refractivity contribution in [3.05, 3.63) is 0 Å². The van der Waals surface area contributed by atoms with Crippen molar-refractivity contribution in [3.63, 3.8) is 0 Å². The maximum absolute atomic E-state index is 11.6. The molecule has 98 valence electrons. The lowest BCUT2D eigenvalue weighted by molar-refractivity contribution is -0.147. The molecule has 0 aromatic rings. The Morgan fingerprint density at radius 2 is 2.24 bits per heavy atom. The van der Waals surface area contributed by atoms with E-state index in [1.165, 1.54) is 0 Å². The molecule has 0 aromatic carbocycles. The maximum atomic E-state index is 11.6. The highest BCUT2D eigenvalue weighted by molar-refractivity contribution is 5.84. The second-order valence-electron chi connectivity index (χ2n) is 4.23. The molecule has 1 N–H and O–H groups in total. The molecular formula is C12H21NO4. The van der Waals surface area contributed by atoms with Crippen molar-refractivity contribution >= 4 is 11.9 Å². The van der Waals surface area contributed by atoms with Crippen LogP contribution in [-0.2, 0) is 19.1 Å². The average Bonchev–Trinajstić information content (AvgIpc) is 2.30. The molecule has 1 aliphatic heterocycles. The first-order valence-corrected chi connectivity index (χ1v) is 6.21. The summed E-state index contributed by atoms with van der Waals surface area (Å²) in [7, 11) is 0. The molecule has 1 rings (SSSR count). The Morgan fingerprint density at radius 1 is 1.47 bits per heavy atom. The van der Waals surface area contributed by atoms with Crippen molar-refractivity contribution in [2.75, 3.05) is 13.2 Å². The first-order valence-electron chi connectivity index (χ1n) is 6.21. The lowest BCUT2D eigenvalue weighted by Crippen LogP contribution is -2.41. The Hall–Kier alpha value is -1.10. The van der Waals surface area contributed by atoms with Crippen molar-refractivity contribution in [2.45, 2.75) is 51.7 Å². The smallest absolute Gasteiger partial charge is 0.328 e. The number of esters is 1. The van der Waals surface area contributed by atoms with Gasteiger partial charge in [0.1, 0.15) is 6.04 Å². The van der Waals surface area contributed by atoms with Crippen LogP contribution < -0.4 is 5.32 Å². The highest BCUT2D eigenvalue weighted by Crippen LogP contribution is 2.15. The minimum atomic E-state index is -0.592. The molecule has 0 saturated carbocycles. The van der Waals surface area contributed by atoms with Gasteiger partial charge < -0.3 is 14.8 Å². The van der Waals surface area contributed by atoms with E-state index in [4.69, 9.17) is 9.47 Å². The molecule has 17 heavy (non-hydrogen) atoms. The second kappa shape index (κ2) is 7.27. The van der Waals surface area contributed by atoms with E-state index in [0.717, 1.165) is 25.9 Å². The van der Waals surface area contributed by atoms with E-state index in [1.54, 1.807) is 13.8 Å². The van der Waals surface area contributed by atoms with Gasteiger partial charge in [0, 0.05) is 6.61 Å². The summed E-state index contributed by atoms with van der Waals surface area (Å²) in [5.41, 5.74) is 0. The molecule has 2 atom stereocenters. The van der Waals surface area contributed by atoms with E-state index in [1.807, 2.05) is 0 Å². The van der Waals surface area contributed by atoms with Crippen LogP contribution in [0.3, 0.4) is 0 Å². The van der Waals surface area contributed by atoms with E-state index in [-0.39, 0.29) is 12.0 Å². The molecule has 1 aliphatic rings. The second-order valence-corrected chi connectivity index (χ2v) is 4.23. The van der Waals surface area contributed by atoms with Gasteiger partial charge in [0.15, 0.2) is 0 Å². The zero-order valence-corrected chi connectivity index (χ0v) is 10.5. The number of nitrogens with one attached hydrogen (secondary N) is 1. The number of amides is 1. The Balaban J connectivity index is 2.25. The van der Waals surface area contributed by atoms with Crippen LogP contribution in [0.2, 0.25) is 0 Å². The van der Waals surface area contributed by atoms with Gasteiger partial charge in [-0.05, 0) is 33.1 Å². The molecule has 2 unspecified atom stereocenters. The molecule has 0 bridgehead atoms. The molecule has 5 heteroatoms. The van der Waals surface area contributed by atoms with Crippen LogP contribution in [0, 0.1) is 0 Å². The summed E-state index contributed by atoms with van der Waals surface area (Å²) in [6.45, 7) is 4.41. The van der Waals surface area contributed by atoms with Gasteiger partial charge in [-0.25, -0.2) is 4.79 Å². The fraction of sp³-hybridized carbons (Fsp3) is 0.833. The van der Waals surface area contributed by atoms with E-state index in [9.17, 15) is 9.59 Å². The van der Waals surface area contributed by atoms with Crippen LogP contribution >= 0.6 is 0 Å². The lowest BCUT2D eigenvalue weighted by Gasteiger charge is -2.22. The number of carbonyl (C=O) groups excluding carboxylic acids is 2. The minimum absolute atomic E-state index is 0.00172. The quantitative estimate of drug-likeness (QED) is 0.732. The Kier molecular flexibility index (Phi) is 5.97. The monoisotopic (exact) mass is 243 g/mol. The first-order chi connectivity index (χ1) is 8.13. The van der Waals surface area contributed by atoms with Gasteiger partial charge in [0.25, 0.3) is 0 Å². The lowest BCUT2D eigenvalue weighted by atomic mass is 10.1. The highest BCUT2D eigenvalue weighted by atomic mass is 16.5. The van der Waals surface area contributed by atoms with E-state index in [2.05, 4.69) is 5.32 Å². The third-order valence-electron chi connectivity index (χ3n) is 2.70. The van der Waals surface area contributed by atoms with E-state index in [0.29, 0.717) is 13.0 Å². The van der Waals surface area contributed by atoms with E-state index >= 15 is 0 Å². The molecular weight excluding hydrogens is 222 g/mol. The van der Waals surface area contributed by atoms with Crippen molar-refractivity contribution in [1.82, 2.24) is 5.32 Å². The molecule has 0 radical (unpaired) electrons. The van der Waals surface area contributed by atoms with Crippen LogP contribution in [-0.4, -0.2) is 37.2 Å². The molecule has 5 nitrogen and oxygen atoms in total. The Bertz CT molecular complexity index is 261. The zero-order valence-electron chi connectivity index (χ0n) is 10.5. The van der Waals surface area contributed by atoms with Crippen LogP contribution in [0.15, 0.2) is 0 Å². The summed E-state index contributed by atoms with van der Waals surface area (Å²) in [6, 6.07) is -0.592. The first kappa shape index (κ1) is 14.0. The Morgan fingerprint density at radius 3 is 2.82 bits per heavy atom. The molecule has 1 fully saturated rings. The predicted octanol–water partition coefficient (Wildman–Crippen LogP) is 1.01. The van der Waals surface area contributed by atoms with Crippen LogP contribution in [0.25, 0.3) is 0 Å². The van der Waals surface area contributed by atoms with Crippen LogP contribution in [0.4, 0.5) is 0 Å². The standard InChI is InChI=1S/C12H21NO4/c1-3-16-12(15)9(2)13-11(14)8-10-6-4-5-7-17-10/h9-10H,3-8H2,1-2H3,(H,13,14). The molecule has 1 amide bonds. The minimum Gasteiger partial charge on any atom is -0.464 e. The number of carbonyl (C=O) groups is 2. The zero-order chi connectivity index (χ0) is 12.7. The number of hydrogen-bond acceptors (Lipinski definition) is 4. The number of rotatable bonds is 5. The molecule has 1 saturated heterocycles. The third kappa shape index (κ3) is 5.17. The summed E-state index contributed by atoms with van der Waals surface area (Å²) in [6.07, 6.45) is 3.41. The van der Waals surface area contributed by atoms with Crippen molar-refractivity contribution in [1.29, 1.82) is 0 Å². The molecule has 0 aliphatic carbocycles. The average molecular weight is 243 g/mol.